The van der Waals surface area contributed by atoms with E-state index in [-0.39, 0.29) is 25.7 Å². The van der Waals surface area contributed by atoms with Gasteiger partial charge in [0.05, 0.1) is 26.4 Å². The molecule has 0 saturated heterocycles. The van der Waals surface area contributed by atoms with Crippen LogP contribution in [-0.2, 0) is 65.4 Å². The monoisotopic (exact) mass is 1560 g/mol. The fourth-order valence-electron chi connectivity index (χ4n) is 13.7. The molecule has 6 atom stereocenters. The minimum absolute atomic E-state index is 0.107. The van der Waals surface area contributed by atoms with Gasteiger partial charge < -0.3 is 33.8 Å². The second-order valence-electron chi connectivity index (χ2n) is 32.4. The van der Waals surface area contributed by atoms with E-state index in [0.717, 1.165) is 102 Å². The SMILES string of the molecule is CCCCCCCCCCCCCCCCCCCCCC(=O)OC[C@H](COP(=O)(O)OC[C@@H](O)COP(=O)(O)OC[C@@H](COC(=O)CCCCCCCCCCCCC)OC(=O)CCCCCCCCCCCCCCC(C)C)OC(=O)CCCCCCCCCCCCCCCCCCCCC(C)CC. The third kappa shape index (κ3) is 80.5. The van der Waals surface area contributed by atoms with E-state index in [1.807, 2.05) is 0 Å². The number of phosphoric acid groups is 2. The molecule has 0 amide bonds. The highest BCUT2D eigenvalue weighted by atomic mass is 31.2. The fourth-order valence-corrected chi connectivity index (χ4v) is 15.3. The molecule has 0 rings (SSSR count). The van der Waals surface area contributed by atoms with Crippen molar-refractivity contribution in [2.45, 2.75) is 490 Å². The fraction of sp³-hybridized carbons (Fsp3) is 0.955. The van der Waals surface area contributed by atoms with Crippen molar-refractivity contribution in [1.82, 2.24) is 0 Å². The Hall–Kier alpha value is -1.94. The topological polar surface area (TPSA) is 237 Å². The van der Waals surface area contributed by atoms with Crippen molar-refractivity contribution in [3.05, 3.63) is 0 Å². The van der Waals surface area contributed by atoms with Gasteiger partial charge in [0.15, 0.2) is 12.2 Å². The molecule has 107 heavy (non-hydrogen) atoms. The van der Waals surface area contributed by atoms with Crippen molar-refractivity contribution >= 4 is 39.5 Å². The van der Waals surface area contributed by atoms with Gasteiger partial charge in [0.25, 0.3) is 0 Å². The number of carbonyl (C=O) groups is 4. The Morgan fingerprint density at radius 3 is 0.710 bits per heavy atom. The van der Waals surface area contributed by atoms with E-state index < -0.39 is 97.5 Å². The molecule has 0 aromatic heterocycles. The van der Waals surface area contributed by atoms with Crippen molar-refractivity contribution in [3.63, 3.8) is 0 Å². The smallest absolute Gasteiger partial charge is 0.462 e. The molecule has 0 aromatic rings. The van der Waals surface area contributed by atoms with E-state index in [1.54, 1.807) is 0 Å². The molecule has 0 radical (unpaired) electrons. The second-order valence-corrected chi connectivity index (χ2v) is 35.3. The summed E-state index contributed by atoms with van der Waals surface area (Å²) in [5.41, 5.74) is 0. The van der Waals surface area contributed by atoms with Gasteiger partial charge in [-0.2, -0.15) is 0 Å². The molecule has 0 saturated carbocycles. The molecule has 0 aliphatic rings. The Bertz CT molecular complexity index is 2050. The molecule has 0 bridgehead atoms. The average molecular weight is 1560 g/mol. The maximum absolute atomic E-state index is 13.2. The minimum atomic E-state index is -4.97. The largest absolute Gasteiger partial charge is 0.472 e. The first-order chi connectivity index (χ1) is 51.9. The molecule has 636 valence electrons. The quantitative estimate of drug-likeness (QED) is 0.0222. The Kier molecular flexibility index (Phi) is 77.9. The summed E-state index contributed by atoms with van der Waals surface area (Å²) in [6.07, 6.45) is 72.2. The summed E-state index contributed by atoms with van der Waals surface area (Å²) in [6.45, 7) is 9.76. The molecular formula is C88H172O17P2. The van der Waals surface area contributed by atoms with Gasteiger partial charge in [-0.1, -0.05) is 420 Å². The third-order valence-electron chi connectivity index (χ3n) is 21.1. The van der Waals surface area contributed by atoms with Crippen molar-refractivity contribution in [2.24, 2.45) is 11.8 Å². The van der Waals surface area contributed by atoms with Crippen LogP contribution in [0, 0.1) is 11.8 Å². The Morgan fingerprint density at radius 2 is 0.477 bits per heavy atom. The Labute approximate surface area is 658 Å². The maximum Gasteiger partial charge on any atom is 0.472 e. The lowest BCUT2D eigenvalue weighted by molar-refractivity contribution is -0.161. The van der Waals surface area contributed by atoms with Crippen LogP contribution in [0.4, 0.5) is 0 Å². The van der Waals surface area contributed by atoms with Gasteiger partial charge in [0, 0.05) is 25.7 Å². The van der Waals surface area contributed by atoms with Crippen LogP contribution in [0.15, 0.2) is 0 Å². The first-order valence-corrected chi connectivity index (χ1v) is 48.5. The maximum atomic E-state index is 13.2. The van der Waals surface area contributed by atoms with Crippen molar-refractivity contribution in [2.75, 3.05) is 39.6 Å². The number of hydrogen-bond donors (Lipinski definition) is 3. The predicted molar refractivity (Wildman–Crippen MR) is 442 cm³/mol. The average Bonchev–Trinajstić information content (AvgIpc) is 0.899. The van der Waals surface area contributed by atoms with Crippen LogP contribution in [0.25, 0.3) is 0 Å². The van der Waals surface area contributed by atoms with Crippen LogP contribution < -0.4 is 0 Å². The molecule has 17 nitrogen and oxygen atoms in total. The van der Waals surface area contributed by atoms with E-state index >= 15 is 0 Å². The zero-order valence-corrected chi connectivity index (χ0v) is 72.2. The van der Waals surface area contributed by atoms with Gasteiger partial charge in [0.1, 0.15) is 19.3 Å². The molecular weight excluding hydrogens is 1390 g/mol. The van der Waals surface area contributed by atoms with Gasteiger partial charge >= 0.3 is 39.5 Å². The summed E-state index contributed by atoms with van der Waals surface area (Å²) in [6, 6.07) is 0. The molecule has 0 aromatic carbocycles. The number of phosphoric ester groups is 2. The Balaban J connectivity index is 5.23. The molecule has 3 N–H and O–H groups in total. The van der Waals surface area contributed by atoms with Crippen LogP contribution in [0.5, 0.6) is 0 Å². The highest BCUT2D eigenvalue weighted by Gasteiger charge is 2.31. The van der Waals surface area contributed by atoms with Crippen LogP contribution in [-0.4, -0.2) is 96.7 Å². The van der Waals surface area contributed by atoms with Gasteiger partial charge in [-0.05, 0) is 37.5 Å². The summed E-state index contributed by atoms with van der Waals surface area (Å²) < 4.78 is 69.0. The van der Waals surface area contributed by atoms with Gasteiger partial charge in [0.2, 0.25) is 0 Å². The number of rotatable bonds is 87. The molecule has 0 aliphatic carbocycles. The summed E-state index contributed by atoms with van der Waals surface area (Å²) in [5.74, 6) is -0.451. The summed E-state index contributed by atoms with van der Waals surface area (Å²) in [5, 5.41) is 10.7. The summed E-state index contributed by atoms with van der Waals surface area (Å²) in [4.78, 5) is 73.3. The van der Waals surface area contributed by atoms with Crippen molar-refractivity contribution in [1.29, 1.82) is 0 Å². The second kappa shape index (κ2) is 79.3. The first kappa shape index (κ1) is 105. The number of aliphatic hydroxyl groups is 1. The molecule has 0 heterocycles. The highest BCUT2D eigenvalue weighted by molar-refractivity contribution is 7.47. The predicted octanol–water partition coefficient (Wildman–Crippen LogP) is 27.0. The normalized spacial score (nSPS) is 14.0. The molecule has 3 unspecified atom stereocenters. The minimum Gasteiger partial charge on any atom is -0.462 e. The molecule has 0 spiro atoms. The number of ether oxygens (including phenoxy) is 4. The van der Waals surface area contributed by atoms with E-state index in [1.165, 1.54) is 289 Å². The van der Waals surface area contributed by atoms with Crippen molar-refractivity contribution < 1.29 is 80.2 Å². The number of carbonyl (C=O) groups excluding carboxylic acids is 4. The van der Waals surface area contributed by atoms with Crippen LogP contribution in [0.2, 0.25) is 0 Å². The zero-order chi connectivity index (χ0) is 78.5. The van der Waals surface area contributed by atoms with E-state index in [2.05, 4.69) is 41.5 Å². The summed E-state index contributed by atoms with van der Waals surface area (Å²) >= 11 is 0. The number of hydrogen-bond acceptors (Lipinski definition) is 15. The lowest BCUT2D eigenvalue weighted by Gasteiger charge is -2.21. The third-order valence-corrected chi connectivity index (χ3v) is 23.0. The molecule has 19 heteroatoms. The Morgan fingerprint density at radius 1 is 0.271 bits per heavy atom. The first-order valence-electron chi connectivity index (χ1n) is 45.5. The number of unbranched alkanes of at least 4 members (excludes halogenated alkanes) is 56. The summed E-state index contributed by atoms with van der Waals surface area (Å²) in [7, 11) is -9.93. The van der Waals surface area contributed by atoms with Crippen LogP contribution in [0.3, 0.4) is 0 Å². The van der Waals surface area contributed by atoms with E-state index in [4.69, 9.17) is 37.0 Å². The van der Waals surface area contributed by atoms with E-state index in [9.17, 15) is 43.2 Å². The van der Waals surface area contributed by atoms with Crippen LogP contribution in [0.1, 0.15) is 472 Å². The lowest BCUT2D eigenvalue weighted by Crippen LogP contribution is -2.30. The number of esters is 4. The van der Waals surface area contributed by atoms with Crippen LogP contribution >= 0.6 is 15.6 Å². The van der Waals surface area contributed by atoms with E-state index in [0.29, 0.717) is 25.7 Å². The standard InChI is InChI=1S/C88H172O17P2/c1-7-10-12-14-16-18-20-21-22-23-24-28-31-34-41-47-53-59-65-71-86(91)99-77-84(104-87(92)72-66-60-54-48-42-35-32-29-26-25-27-30-33-40-45-51-57-63-69-81(6)9-3)79-103-107(96,97)101-75-82(89)74-100-106(94,95)102-78-83(76-98-85(90)70-64-58-52-46-38-19-17-15-13-11-8-2)105-88(93)73-67-61-55-49-43-37-36-39-44-50-56-62-68-80(4)5/h80-84,89H,7-79H2,1-6H3,(H,94,95)(H,96,97)/t81?,82-,83+,84+/m0/s1. The van der Waals surface area contributed by atoms with Crippen molar-refractivity contribution in [3.8, 4) is 0 Å². The van der Waals surface area contributed by atoms with Gasteiger partial charge in [-0.3, -0.25) is 37.3 Å². The van der Waals surface area contributed by atoms with Gasteiger partial charge in [-0.15, -0.1) is 0 Å². The van der Waals surface area contributed by atoms with Gasteiger partial charge in [-0.25, -0.2) is 9.13 Å². The molecule has 0 aliphatic heterocycles. The highest BCUT2D eigenvalue weighted by Crippen LogP contribution is 2.45. The number of aliphatic hydroxyl groups excluding tert-OH is 1. The molecule has 0 fully saturated rings. The zero-order valence-electron chi connectivity index (χ0n) is 70.5. The lowest BCUT2D eigenvalue weighted by atomic mass is 9.99.